The Balaban J connectivity index is 1.63. The van der Waals surface area contributed by atoms with E-state index in [2.05, 4.69) is 5.32 Å². The highest BCUT2D eigenvalue weighted by molar-refractivity contribution is 6.34. The third-order valence-corrected chi connectivity index (χ3v) is 4.66. The lowest BCUT2D eigenvalue weighted by Gasteiger charge is -2.15. The van der Waals surface area contributed by atoms with Crippen LogP contribution in [0.1, 0.15) is 41.4 Å². The van der Waals surface area contributed by atoms with E-state index in [9.17, 15) is 23.6 Å². The molecule has 0 spiro atoms. The van der Waals surface area contributed by atoms with Gasteiger partial charge in [-0.15, -0.1) is 0 Å². The van der Waals surface area contributed by atoms with Crippen LogP contribution in [0.25, 0.3) is 0 Å². The Bertz CT molecular complexity index is 1200. The molecule has 1 aliphatic rings. The predicted octanol–water partition coefficient (Wildman–Crippen LogP) is 2.98. The fourth-order valence-electron chi connectivity index (χ4n) is 3.18. The van der Waals surface area contributed by atoms with Crippen LogP contribution in [0, 0.1) is 5.82 Å². The van der Waals surface area contributed by atoms with E-state index in [0.717, 1.165) is 17.0 Å². The molecule has 4 amide bonds. The van der Waals surface area contributed by atoms with E-state index in [4.69, 9.17) is 5.73 Å². The lowest BCUT2D eigenvalue weighted by molar-refractivity contribution is 0.0922. The summed E-state index contributed by atoms with van der Waals surface area (Å²) in [6, 6.07) is 15.6. The summed E-state index contributed by atoms with van der Waals surface area (Å²) in [5.41, 5.74) is 5.86. The van der Waals surface area contributed by atoms with Gasteiger partial charge in [0, 0.05) is 11.1 Å². The molecule has 3 aromatic rings. The summed E-state index contributed by atoms with van der Waals surface area (Å²) in [5.74, 6) is -3.18. The van der Waals surface area contributed by atoms with Gasteiger partial charge in [0.25, 0.3) is 17.7 Å². The number of anilines is 2. The van der Waals surface area contributed by atoms with Gasteiger partial charge in [0.1, 0.15) is 5.82 Å². The highest BCUT2D eigenvalue weighted by Crippen LogP contribution is 2.29. The van der Waals surface area contributed by atoms with Gasteiger partial charge >= 0.3 is 0 Å². The number of nitrogens with zero attached hydrogens (tertiary/aromatic N) is 1. The van der Waals surface area contributed by atoms with Crippen molar-refractivity contribution in [1.82, 2.24) is 0 Å². The lowest BCUT2D eigenvalue weighted by Crippen LogP contribution is -2.29. The molecule has 7 nitrogen and oxygen atoms in total. The first-order valence-electron chi connectivity index (χ1n) is 8.85. The average molecular weight is 403 g/mol. The number of imide groups is 1. The van der Waals surface area contributed by atoms with Crippen LogP contribution in [0.15, 0.2) is 66.7 Å². The van der Waals surface area contributed by atoms with E-state index >= 15 is 0 Å². The van der Waals surface area contributed by atoms with Crippen molar-refractivity contribution in [2.45, 2.75) is 0 Å². The fourth-order valence-corrected chi connectivity index (χ4v) is 3.18. The molecule has 0 radical (unpaired) electrons. The third kappa shape index (κ3) is 3.20. The Hall–Kier alpha value is -4.33. The van der Waals surface area contributed by atoms with Gasteiger partial charge in [-0.2, -0.15) is 0 Å². The van der Waals surface area contributed by atoms with Crippen molar-refractivity contribution in [3.8, 4) is 0 Å². The van der Waals surface area contributed by atoms with E-state index in [0.29, 0.717) is 0 Å². The van der Waals surface area contributed by atoms with E-state index < -0.39 is 29.4 Å². The Kier molecular flexibility index (Phi) is 4.59. The zero-order chi connectivity index (χ0) is 21.4. The second-order valence-electron chi connectivity index (χ2n) is 6.55. The van der Waals surface area contributed by atoms with Gasteiger partial charge in [-0.3, -0.25) is 19.2 Å². The molecular formula is C22H14FN3O4. The molecule has 8 heteroatoms. The number of primary amides is 1. The number of amides is 4. The second kappa shape index (κ2) is 7.25. The number of carbonyl (C=O) groups is 4. The summed E-state index contributed by atoms with van der Waals surface area (Å²) in [6.07, 6.45) is 0. The Labute approximate surface area is 169 Å². The Morgan fingerprint density at radius 2 is 1.50 bits per heavy atom. The van der Waals surface area contributed by atoms with Crippen molar-refractivity contribution in [3.05, 3.63) is 94.8 Å². The molecule has 0 saturated heterocycles. The predicted molar refractivity (Wildman–Crippen MR) is 107 cm³/mol. The summed E-state index contributed by atoms with van der Waals surface area (Å²) in [4.78, 5) is 50.2. The van der Waals surface area contributed by atoms with Gasteiger partial charge in [0.15, 0.2) is 0 Å². The first-order chi connectivity index (χ1) is 14.4. The van der Waals surface area contributed by atoms with Crippen molar-refractivity contribution < 1.29 is 23.6 Å². The van der Waals surface area contributed by atoms with Gasteiger partial charge < -0.3 is 11.1 Å². The molecule has 148 valence electrons. The molecule has 3 aromatic carbocycles. The second-order valence-corrected chi connectivity index (χ2v) is 6.55. The Morgan fingerprint density at radius 1 is 0.833 bits per heavy atom. The molecule has 1 heterocycles. The first kappa shape index (κ1) is 19.0. The largest absolute Gasteiger partial charge is 0.366 e. The number of hydrogen-bond acceptors (Lipinski definition) is 4. The van der Waals surface area contributed by atoms with Crippen molar-refractivity contribution in [1.29, 1.82) is 0 Å². The standard InChI is InChI=1S/C22H14FN3O4/c23-17-9-8-12(19(24)27)11-18(17)25-20(28)13-4-3-5-14(10-13)26-21(29)15-6-1-2-7-16(15)22(26)30/h1-11H,(H2,24,27)(H,25,28). The van der Waals surface area contributed by atoms with Crippen LogP contribution in [0.5, 0.6) is 0 Å². The molecule has 0 atom stereocenters. The molecule has 3 N–H and O–H groups in total. The summed E-state index contributed by atoms with van der Waals surface area (Å²) in [7, 11) is 0. The van der Waals surface area contributed by atoms with Crippen LogP contribution in [-0.4, -0.2) is 23.6 Å². The van der Waals surface area contributed by atoms with Gasteiger partial charge in [-0.1, -0.05) is 18.2 Å². The number of carbonyl (C=O) groups excluding carboxylic acids is 4. The molecule has 30 heavy (non-hydrogen) atoms. The molecule has 0 unspecified atom stereocenters. The van der Waals surface area contributed by atoms with Gasteiger partial charge in [0.05, 0.1) is 22.5 Å². The average Bonchev–Trinajstić information content (AvgIpc) is 3.00. The summed E-state index contributed by atoms with van der Waals surface area (Å²) >= 11 is 0. The van der Waals surface area contributed by atoms with Crippen LogP contribution in [0.4, 0.5) is 15.8 Å². The minimum absolute atomic E-state index is 0.0338. The summed E-state index contributed by atoms with van der Waals surface area (Å²) in [5, 5.41) is 2.37. The Morgan fingerprint density at radius 3 is 2.13 bits per heavy atom. The number of halogens is 1. The van der Waals surface area contributed by atoms with Crippen molar-refractivity contribution in [3.63, 3.8) is 0 Å². The molecular weight excluding hydrogens is 389 g/mol. The summed E-state index contributed by atoms with van der Waals surface area (Å²) in [6.45, 7) is 0. The quantitative estimate of drug-likeness (QED) is 0.653. The minimum atomic E-state index is -0.766. The van der Waals surface area contributed by atoms with Crippen LogP contribution in [0.2, 0.25) is 0 Å². The molecule has 1 aliphatic heterocycles. The van der Waals surface area contributed by atoms with Gasteiger partial charge in [0.2, 0.25) is 5.91 Å². The topological polar surface area (TPSA) is 110 Å². The lowest BCUT2D eigenvalue weighted by atomic mass is 10.1. The SMILES string of the molecule is NC(=O)c1ccc(F)c(NC(=O)c2cccc(N3C(=O)c4ccccc4C3=O)c2)c1. The number of benzene rings is 3. The maximum absolute atomic E-state index is 14.0. The van der Waals surface area contributed by atoms with Gasteiger partial charge in [-0.05, 0) is 48.5 Å². The first-order valence-corrected chi connectivity index (χ1v) is 8.85. The molecule has 0 bridgehead atoms. The molecule has 0 aliphatic carbocycles. The molecule has 0 aromatic heterocycles. The van der Waals surface area contributed by atoms with E-state index in [-0.39, 0.29) is 33.6 Å². The van der Waals surface area contributed by atoms with Crippen LogP contribution < -0.4 is 16.0 Å². The number of hydrogen-bond donors (Lipinski definition) is 2. The number of nitrogens with two attached hydrogens (primary N) is 1. The highest BCUT2D eigenvalue weighted by Gasteiger charge is 2.36. The van der Waals surface area contributed by atoms with Crippen molar-refractivity contribution in [2.75, 3.05) is 10.2 Å². The van der Waals surface area contributed by atoms with Crippen LogP contribution in [0.3, 0.4) is 0 Å². The normalized spacial score (nSPS) is 12.6. The minimum Gasteiger partial charge on any atom is -0.366 e. The number of fused-ring (bicyclic) bond motifs is 1. The molecule has 0 fully saturated rings. The number of nitrogens with one attached hydrogen (secondary N) is 1. The van der Waals surface area contributed by atoms with E-state index in [1.165, 1.54) is 30.3 Å². The summed E-state index contributed by atoms with van der Waals surface area (Å²) < 4.78 is 14.0. The highest BCUT2D eigenvalue weighted by atomic mass is 19.1. The third-order valence-electron chi connectivity index (χ3n) is 4.66. The van der Waals surface area contributed by atoms with Crippen molar-refractivity contribution in [2.24, 2.45) is 5.73 Å². The smallest absolute Gasteiger partial charge is 0.266 e. The van der Waals surface area contributed by atoms with E-state index in [1.807, 2.05) is 0 Å². The van der Waals surface area contributed by atoms with Gasteiger partial charge in [-0.25, -0.2) is 9.29 Å². The molecule has 4 rings (SSSR count). The van der Waals surface area contributed by atoms with Crippen LogP contribution in [-0.2, 0) is 0 Å². The number of rotatable bonds is 4. The van der Waals surface area contributed by atoms with Crippen molar-refractivity contribution >= 4 is 35.0 Å². The maximum atomic E-state index is 14.0. The van der Waals surface area contributed by atoms with E-state index in [1.54, 1.807) is 24.3 Å². The maximum Gasteiger partial charge on any atom is 0.266 e. The fraction of sp³-hybridized carbons (Fsp3) is 0. The molecule has 0 saturated carbocycles. The monoisotopic (exact) mass is 403 g/mol. The zero-order valence-corrected chi connectivity index (χ0v) is 15.4. The zero-order valence-electron chi connectivity index (χ0n) is 15.4. The van der Waals surface area contributed by atoms with Crippen LogP contribution >= 0.6 is 0 Å².